The highest BCUT2D eigenvalue weighted by Gasteiger charge is 2.23. The summed E-state index contributed by atoms with van der Waals surface area (Å²) in [5.41, 5.74) is 0. The molecule has 2 heterocycles. The highest BCUT2D eigenvalue weighted by Crippen LogP contribution is 2.30. The van der Waals surface area contributed by atoms with Gasteiger partial charge in [-0.2, -0.15) is 11.8 Å². The minimum Gasteiger partial charge on any atom is -0.314 e. The molecule has 18 heavy (non-hydrogen) atoms. The lowest BCUT2D eigenvalue weighted by Crippen LogP contribution is -2.35. The highest BCUT2D eigenvalue weighted by atomic mass is 32.2. The third-order valence-electron chi connectivity index (χ3n) is 4.37. The van der Waals surface area contributed by atoms with Gasteiger partial charge in [0.15, 0.2) is 0 Å². The molecule has 0 aromatic rings. The molecule has 3 heteroatoms. The summed E-state index contributed by atoms with van der Waals surface area (Å²) in [7, 11) is 0. The third-order valence-corrected chi connectivity index (χ3v) is 5.74. The first kappa shape index (κ1) is 14.7. The van der Waals surface area contributed by atoms with Crippen LogP contribution in [-0.4, -0.2) is 47.6 Å². The summed E-state index contributed by atoms with van der Waals surface area (Å²) in [6.07, 6.45) is 8.33. The predicted octanol–water partition coefficient (Wildman–Crippen LogP) is 3.13. The quantitative estimate of drug-likeness (QED) is 0.845. The summed E-state index contributed by atoms with van der Waals surface area (Å²) in [5.74, 6) is 1.31. The lowest BCUT2D eigenvalue weighted by molar-refractivity contribution is 0.266. The zero-order chi connectivity index (χ0) is 12.8. The van der Waals surface area contributed by atoms with E-state index in [-0.39, 0.29) is 0 Å². The van der Waals surface area contributed by atoms with Crippen LogP contribution in [0.4, 0.5) is 0 Å². The zero-order valence-electron chi connectivity index (χ0n) is 12.2. The van der Waals surface area contributed by atoms with E-state index in [1.165, 1.54) is 70.5 Å². The molecule has 2 aliphatic rings. The highest BCUT2D eigenvalue weighted by molar-refractivity contribution is 8.00. The number of thioether (sulfide) groups is 1. The van der Waals surface area contributed by atoms with E-state index in [9.17, 15) is 0 Å². The molecule has 106 valence electrons. The first-order valence-corrected chi connectivity index (χ1v) is 8.74. The van der Waals surface area contributed by atoms with Crippen molar-refractivity contribution in [2.45, 2.75) is 63.2 Å². The molecule has 0 aliphatic carbocycles. The van der Waals surface area contributed by atoms with E-state index in [4.69, 9.17) is 0 Å². The standard InChI is InChI=1S/C15H30N2S/c1-15(2)8-11-17(12-13-18-15)10-5-7-14-6-3-4-9-16-14/h14,16H,3-13H2,1-2H3. The molecule has 0 amide bonds. The molecule has 0 aromatic carbocycles. The Morgan fingerprint density at radius 2 is 2.17 bits per heavy atom. The molecule has 1 unspecified atom stereocenters. The fourth-order valence-corrected chi connectivity index (χ4v) is 4.16. The van der Waals surface area contributed by atoms with Crippen LogP contribution in [0.5, 0.6) is 0 Å². The Balaban J connectivity index is 1.61. The topological polar surface area (TPSA) is 15.3 Å². The summed E-state index contributed by atoms with van der Waals surface area (Å²) in [6, 6.07) is 0.816. The Bertz CT molecular complexity index is 237. The fourth-order valence-electron chi connectivity index (χ4n) is 3.02. The predicted molar refractivity (Wildman–Crippen MR) is 82.5 cm³/mol. The normalized spacial score (nSPS) is 30.0. The smallest absolute Gasteiger partial charge is 0.0116 e. The van der Waals surface area contributed by atoms with Crippen LogP contribution < -0.4 is 5.32 Å². The number of hydrogen-bond acceptors (Lipinski definition) is 3. The molecule has 2 saturated heterocycles. The number of nitrogens with one attached hydrogen (secondary N) is 1. The van der Waals surface area contributed by atoms with E-state index in [0.29, 0.717) is 4.75 Å². The number of nitrogens with zero attached hydrogens (tertiary/aromatic N) is 1. The van der Waals surface area contributed by atoms with Crippen molar-refractivity contribution >= 4 is 11.8 Å². The van der Waals surface area contributed by atoms with E-state index >= 15 is 0 Å². The van der Waals surface area contributed by atoms with Gasteiger partial charge in [0.2, 0.25) is 0 Å². The number of piperidine rings is 1. The Labute approximate surface area is 117 Å². The van der Waals surface area contributed by atoms with Crippen LogP contribution in [0.15, 0.2) is 0 Å². The summed E-state index contributed by atoms with van der Waals surface area (Å²) in [6.45, 7) is 9.96. The van der Waals surface area contributed by atoms with E-state index in [1.54, 1.807) is 0 Å². The van der Waals surface area contributed by atoms with Crippen molar-refractivity contribution < 1.29 is 0 Å². The van der Waals surface area contributed by atoms with Gasteiger partial charge in [-0.15, -0.1) is 0 Å². The first-order valence-electron chi connectivity index (χ1n) is 7.75. The summed E-state index contributed by atoms with van der Waals surface area (Å²) in [5, 5.41) is 3.66. The minimum atomic E-state index is 0.500. The van der Waals surface area contributed by atoms with Crippen LogP contribution in [0.3, 0.4) is 0 Å². The van der Waals surface area contributed by atoms with E-state index < -0.39 is 0 Å². The molecule has 0 bridgehead atoms. The molecular formula is C15H30N2S. The Kier molecular flexibility index (Phi) is 5.84. The molecule has 1 atom stereocenters. The van der Waals surface area contributed by atoms with Gasteiger partial charge >= 0.3 is 0 Å². The molecule has 0 radical (unpaired) electrons. The Hall–Kier alpha value is 0.270. The largest absolute Gasteiger partial charge is 0.314 e. The summed E-state index contributed by atoms with van der Waals surface area (Å²) >= 11 is 2.15. The molecular weight excluding hydrogens is 240 g/mol. The molecule has 1 N–H and O–H groups in total. The lowest BCUT2D eigenvalue weighted by atomic mass is 10.0. The van der Waals surface area contributed by atoms with Crippen molar-refractivity contribution in [3.8, 4) is 0 Å². The second-order valence-corrected chi connectivity index (χ2v) is 8.29. The maximum absolute atomic E-state index is 3.66. The van der Waals surface area contributed by atoms with Crippen molar-refractivity contribution in [2.75, 3.05) is 31.9 Å². The number of rotatable bonds is 4. The van der Waals surface area contributed by atoms with Crippen LogP contribution in [0.1, 0.15) is 52.4 Å². The first-order chi connectivity index (χ1) is 8.66. The molecule has 0 saturated carbocycles. The molecule has 2 fully saturated rings. The van der Waals surface area contributed by atoms with Gasteiger partial charge in [0.25, 0.3) is 0 Å². The van der Waals surface area contributed by atoms with Gasteiger partial charge in [-0.25, -0.2) is 0 Å². The molecule has 0 aromatic heterocycles. The van der Waals surface area contributed by atoms with Gasteiger partial charge in [0, 0.05) is 23.1 Å². The van der Waals surface area contributed by atoms with Crippen molar-refractivity contribution in [3.05, 3.63) is 0 Å². The third kappa shape index (κ3) is 5.10. The SMILES string of the molecule is CC1(C)CCN(CCCC2CCCCN2)CCS1. The Morgan fingerprint density at radius 1 is 1.28 bits per heavy atom. The Morgan fingerprint density at radius 3 is 2.94 bits per heavy atom. The average molecular weight is 270 g/mol. The van der Waals surface area contributed by atoms with Gasteiger partial charge in [-0.1, -0.05) is 20.3 Å². The van der Waals surface area contributed by atoms with E-state index in [1.807, 2.05) is 0 Å². The maximum Gasteiger partial charge on any atom is 0.0116 e. The van der Waals surface area contributed by atoms with Crippen molar-refractivity contribution in [1.82, 2.24) is 10.2 Å². The summed E-state index contributed by atoms with van der Waals surface area (Å²) < 4.78 is 0.500. The number of hydrogen-bond donors (Lipinski definition) is 1. The van der Waals surface area contributed by atoms with Gasteiger partial charge in [0.1, 0.15) is 0 Å². The second kappa shape index (κ2) is 7.16. The average Bonchev–Trinajstić information content (AvgIpc) is 2.52. The van der Waals surface area contributed by atoms with Crippen LogP contribution >= 0.6 is 11.8 Å². The van der Waals surface area contributed by atoms with Gasteiger partial charge < -0.3 is 10.2 Å². The zero-order valence-corrected chi connectivity index (χ0v) is 13.0. The second-order valence-electron chi connectivity index (χ2n) is 6.49. The monoisotopic (exact) mass is 270 g/mol. The molecule has 2 rings (SSSR count). The van der Waals surface area contributed by atoms with Crippen LogP contribution in [0.25, 0.3) is 0 Å². The van der Waals surface area contributed by atoms with Crippen molar-refractivity contribution in [3.63, 3.8) is 0 Å². The van der Waals surface area contributed by atoms with Crippen LogP contribution in [0, 0.1) is 0 Å². The van der Waals surface area contributed by atoms with Crippen molar-refractivity contribution in [1.29, 1.82) is 0 Å². The van der Waals surface area contributed by atoms with Gasteiger partial charge in [-0.05, 0) is 51.7 Å². The molecule has 2 aliphatic heterocycles. The fraction of sp³-hybridized carbons (Fsp3) is 1.00. The summed E-state index contributed by atoms with van der Waals surface area (Å²) in [4.78, 5) is 2.69. The van der Waals surface area contributed by atoms with E-state index in [0.717, 1.165) is 6.04 Å². The maximum atomic E-state index is 3.66. The minimum absolute atomic E-state index is 0.500. The van der Waals surface area contributed by atoms with Crippen LogP contribution in [0.2, 0.25) is 0 Å². The van der Waals surface area contributed by atoms with Crippen LogP contribution in [-0.2, 0) is 0 Å². The van der Waals surface area contributed by atoms with Gasteiger partial charge in [0.05, 0.1) is 0 Å². The molecule has 0 spiro atoms. The van der Waals surface area contributed by atoms with Gasteiger partial charge in [-0.3, -0.25) is 0 Å². The lowest BCUT2D eigenvalue weighted by Gasteiger charge is -2.25. The molecule has 2 nitrogen and oxygen atoms in total. The van der Waals surface area contributed by atoms with E-state index in [2.05, 4.69) is 35.8 Å². The van der Waals surface area contributed by atoms with Crippen molar-refractivity contribution in [2.24, 2.45) is 0 Å².